The third kappa shape index (κ3) is 4.19. The number of benzene rings is 2. The third-order valence-corrected chi connectivity index (χ3v) is 3.49. The molecule has 6 nitrogen and oxygen atoms in total. The molecule has 0 aliphatic heterocycles. The summed E-state index contributed by atoms with van der Waals surface area (Å²) < 4.78 is 0. The van der Waals surface area contributed by atoms with E-state index in [0.717, 1.165) is 5.56 Å². The predicted molar refractivity (Wildman–Crippen MR) is 87.2 cm³/mol. The minimum Gasteiger partial charge on any atom is -0.299 e. The third-order valence-electron chi connectivity index (χ3n) is 3.49. The highest BCUT2D eigenvalue weighted by Gasteiger charge is 2.22. The summed E-state index contributed by atoms with van der Waals surface area (Å²) in [6.07, 6.45) is -0.947. The van der Waals surface area contributed by atoms with Crippen LogP contribution >= 0.6 is 0 Å². The second kappa shape index (κ2) is 7.41. The first-order chi connectivity index (χ1) is 11.4. The van der Waals surface area contributed by atoms with Gasteiger partial charge in [-0.15, -0.1) is 0 Å². The first-order valence-corrected chi connectivity index (χ1v) is 7.26. The van der Waals surface area contributed by atoms with Crippen molar-refractivity contribution in [1.29, 1.82) is 0 Å². The topological polar surface area (TPSA) is 94.3 Å². The molecule has 0 bridgehead atoms. The normalized spacial score (nSPS) is 10.2. The zero-order chi connectivity index (χ0) is 17.7. The lowest BCUT2D eigenvalue weighted by Gasteiger charge is -2.03. The number of hydrogen-bond acceptors (Lipinski definition) is 5. The van der Waals surface area contributed by atoms with E-state index >= 15 is 0 Å². The summed E-state index contributed by atoms with van der Waals surface area (Å²) in [5.74, 6) is -1.61. The van der Waals surface area contributed by atoms with Gasteiger partial charge in [0.05, 0.1) is 23.3 Å². The molecule has 0 heterocycles. The van der Waals surface area contributed by atoms with Gasteiger partial charge in [-0.05, 0) is 13.0 Å². The first kappa shape index (κ1) is 17.2. The van der Waals surface area contributed by atoms with Crippen LogP contribution in [0.2, 0.25) is 0 Å². The Morgan fingerprint density at radius 2 is 1.50 bits per heavy atom. The highest BCUT2D eigenvalue weighted by atomic mass is 16.6. The van der Waals surface area contributed by atoms with Crippen LogP contribution < -0.4 is 0 Å². The van der Waals surface area contributed by atoms with Crippen molar-refractivity contribution in [3.63, 3.8) is 0 Å². The van der Waals surface area contributed by atoms with Gasteiger partial charge in [0, 0.05) is 11.6 Å². The highest BCUT2D eigenvalue weighted by molar-refractivity contribution is 6.16. The summed E-state index contributed by atoms with van der Waals surface area (Å²) in [7, 11) is 0. The van der Waals surface area contributed by atoms with E-state index in [1.165, 1.54) is 24.3 Å². The number of ketones is 3. The van der Waals surface area contributed by atoms with Gasteiger partial charge in [-0.3, -0.25) is 24.5 Å². The van der Waals surface area contributed by atoms with Crippen molar-refractivity contribution in [3.8, 4) is 0 Å². The van der Waals surface area contributed by atoms with E-state index in [9.17, 15) is 24.5 Å². The molecule has 2 aromatic rings. The number of rotatable bonds is 7. The van der Waals surface area contributed by atoms with Gasteiger partial charge in [0.15, 0.2) is 11.6 Å². The lowest BCUT2D eigenvalue weighted by Crippen LogP contribution is -2.14. The van der Waals surface area contributed by atoms with Crippen LogP contribution in [0.15, 0.2) is 48.5 Å². The van der Waals surface area contributed by atoms with E-state index in [-0.39, 0.29) is 17.0 Å². The fraction of sp³-hybridized carbons (Fsp3) is 0.167. The number of nitrogens with zero attached hydrogens (tertiary/aromatic N) is 1. The van der Waals surface area contributed by atoms with Crippen LogP contribution in [0.5, 0.6) is 0 Å². The van der Waals surface area contributed by atoms with E-state index in [1.807, 2.05) is 6.92 Å². The van der Waals surface area contributed by atoms with Crippen LogP contribution in [0.25, 0.3) is 0 Å². The molecule has 0 saturated heterocycles. The van der Waals surface area contributed by atoms with Crippen molar-refractivity contribution >= 4 is 23.0 Å². The van der Waals surface area contributed by atoms with Gasteiger partial charge in [0.2, 0.25) is 0 Å². The Morgan fingerprint density at radius 1 is 0.917 bits per heavy atom. The van der Waals surface area contributed by atoms with E-state index in [2.05, 4.69) is 0 Å². The van der Waals surface area contributed by atoms with Crippen molar-refractivity contribution in [2.24, 2.45) is 0 Å². The fourth-order valence-corrected chi connectivity index (χ4v) is 2.23. The Bertz CT molecular complexity index is 808. The van der Waals surface area contributed by atoms with Crippen LogP contribution in [0.4, 0.5) is 5.69 Å². The second-order valence-electron chi connectivity index (χ2n) is 5.38. The summed E-state index contributed by atoms with van der Waals surface area (Å²) in [5.41, 5.74) is 0.912. The lowest BCUT2D eigenvalue weighted by molar-refractivity contribution is -0.385. The van der Waals surface area contributed by atoms with Crippen LogP contribution in [0.3, 0.4) is 0 Å². The summed E-state index contributed by atoms with van der Waals surface area (Å²) >= 11 is 0. The van der Waals surface area contributed by atoms with Crippen molar-refractivity contribution in [2.75, 3.05) is 0 Å². The Kier molecular flexibility index (Phi) is 5.31. The Hall–Kier alpha value is -3.15. The lowest BCUT2D eigenvalue weighted by atomic mass is 9.99. The van der Waals surface area contributed by atoms with Gasteiger partial charge in [-0.2, -0.15) is 0 Å². The minimum absolute atomic E-state index is 0.126. The Morgan fingerprint density at radius 3 is 2.12 bits per heavy atom. The van der Waals surface area contributed by atoms with Crippen molar-refractivity contribution in [1.82, 2.24) is 0 Å². The highest BCUT2D eigenvalue weighted by Crippen LogP contribution is 2.19. The zero-order valence-electron chi connectivity index (χ0n) is 13.0. The molecule has 2 aromatic carbocycles. The number of Topliss-reactive ketones (excluding diaryl/α,β-unsaturated/α-hetero) is 3. The van der Waals surface area contributed by atoms with E-state index in [1.54, 1.807) is 24.3 Å². The maximum atomic E-state index is 12.1. The minimum atomic E-state index is -0.671. The maximum Gasteiger partial charge on any atom is 0.280 e. The second-order valence-corrected chi connectivity index (χ2v) is 5.38. The summed E-state index contributed by atoms with van der Waals surface area (Å²) in [5, 5.41) is 10.9. The molecule has 2 rings (SSSR count). The van der Waals surface area contributed by atoms with Crippen molar-refractivity contribution in [3.05, 3.63) is 75.3 Å². The molecule has 0 unspecified atom stereocenters. The zero-order valence-corrected chi connectivity index (χ0v) is 13.0. The van der Waals surface area contributed by atoms with Gasteiger partial charge in [-0.1, -0.05) is 42.0 Å². The largest absolute Gasteiger partial charge is 0.299 e. The van der Waals surface area contributed by atoms with Gasteiger partial charge >= 0.3 is 0 Å². The molecular formula is C18H15NO5. The molecule has 0 fully saturated rings. The molecule has 0 N–H and O–H groups in total. The standard InChI is InChI=1S/C18H15NO5/c1-12-6-8-13(9-7-12)17(21)10-14(20)11-18(22)15-4-2-3-5-16(15)19(23)24/h2-9H,10-11H2,1H3. The number of hydrogen-bond donors (Lipinski definition) is 0. The van der Waals surface area contributed by atoms with Crippen LogP contribution in [-0.4, -0.2) is 22.3 Å². The monoisotopic (exact) mass is 325 g/mol. The van der Waals surface area contributed by atoms with E-state index in [4.69, 9.17) is 0 Å². The molecule has 0 aromatic heterocycles. The molecule has 0 spiro atoms. The number of aryl methyl sites for hydroxylation is 1. The molecule has 0 aliphatic rings. The molecule has 122 valence electrons. The van der Waals surface area contributed by atoms with Gasteiger partial charge in [0.25, 0.3) is 5.69 Å². The number of carbonyl (C=O) groups is 3. The molecule has 0 saturated carbocycles. The smallest absolute Gasteiger partial charge is 0.280 e. The molecule has 0 atom stereocenters. The predicted octanol–water partition coefficient (Wildman–Crippen LogP) is 3.32. The summed E-state index contributed by atoms with van der Waals surface area (Å²) in [6.45, 7) is 1.88. The van der Waals surface area contributed by atoms with Crippen molar-refractivity contribution < 1.29 is 19.3 Å². The first-order valence-electron chi connectivity index (χ1n) is 7.26. The van der Waals surface area contributed by atoms with Gasteiger partial charge in [-0.25, -0.2) is 0 Å². The van der Waals surface area contributed by atoms with Gasteiger partial charge in [0.1, 0.15) is 5.78 Å². The maximum absolute atomic E-state index is 12.1. The van der Waals surface area contributed by atoms with Gasteiger partial charge < -0.3 is 0 Å². The van der Waals surface area contributed by atoms with E-state index < -0.39 is 29.3 Å². The number of nitro benzene ring substituents is 1. The average Bonchev–Trinajstić information content (AvgIpc) is 2.55. The fourth-order valence-electron chi connectivity index (χ4n) is 2.23. The van der Waals surface area contributed by atoms with Crippen LogP contribution in [0, 0.1) is 17.0 Å². The number of para-hydroxylation sites is 1. The molecule has 0 radical (unpaired) electrons. The van der Waals surface area contributed by atoms with Crippen LogP contribution in [0.1, 0.15) is 39.1 Å². The van der Waals surface area contributed by atoms with E-state index in [0.29, 0.717) is 5.56 Å². The molecule has 0 amide bonds. The molecular weight excluding hydrogens is 310 g/mol. The molecule has 24 heavy (non-hydrogen) atoms. The number of carbonyl (C=O) groups excluding carboxylic acids is 3. The SMILES string of the molecule is Cc1ccc(C(=O)CC(=O)CC(=O)c2ccccc2[N+](=O)[O-])cc1. The summed E-state index contributed by atoms with van der Waals surface area (Å²) in [6, 6.07) is 12.2. The molecule has 0 aliphatic carbocycles. The quantitative estimate of drug-likeness (QED) is 0.337. The number of nitro groups is 1. The van der Waals surface area contributed by atoms with Crippen molar-refractivity contribution in [2.45, 2.75) is 19.8 Å². The molecule has 6 heteroatoms. The van der Waals surface area contributed by atoms with Crippen LogP contribution in [-0.2, 0) is 4.79 Å². The Balaban J connectivity index is 2.04. The average molecular weight is 325 g/mol. The summed E-state index contributed by atoms with van der Waals surface area (Å²) in [4.78, 5) is 46.3. The Labute approximate surface area is 138 Å².